The fourth-order valence-electron chi connectivity index (χ4n) is 5.53. The third-order valence-electron chi connectivity index (χ3n) is 7.02. The Morgan fingerprint density at radius 2 is 1.29 bits per heavy atom. The molecule has 1 aromatic rings. The van der Waals surface area contributed by atoms with Crippen LogP contribution in [0.1, 0.15) is 102 Å². The second-order valence-electron chi connectivity index (χ2n) is 8.67. The predicted molar refractivity (Wildman–Crippen MR) is 105 cm³/mol. The Bertz CT molecular complexity index is 455. The van der Waals surface area contributed by atoms with Crippen molar-refractivity contribution < 1.29 is 0 Å². The summed E-state index contributed by atoms with van der Waals surface area (Å²) in [6.07, 6.45) is 17.3. The molecule has 0 bridgehead atoms. The van der Waals surface area contributed by atoms with Crippen LogP contribution in [0.25, 0.3) is 0 Å². The number of rotatable bonds is 6. The topological polar surface area (TPSA) is 0 Å². The van der Waals surface area contributed by atoms with Crippen molar-refractivity contribution in [1.82, 2.24) is 0 Å². The zero-order valence-corrected chi connectivity index (χ0v) is 16.1. The van der Waals surface area contributed by atoms with Gasteiger partial charge in [-0.3, -0.25) is 0 Å². The highest BCUT2D eigenvalue weighted by molar-refractivity contribution is 5.26. The van der Waals surface area contributed by atoms with Gasteiger partial charge in [0.2, 0.25) is 0 Å². The molecular formula is C24H38. The highest BCUT2D eigenvalue weighted by Crippen LogP contribution is 2.44. The molecule has 0 aromatic heterocycles. The van der Waals surface area contributed by atoms with Gasteiger partial charge in [0.1, 0.15) is 0 Å². The lowest BCUT2D eigenvalue weighted by Gasteiger charge is -2.38. The van der Waals surface area contributed by atoms with Gasteiger partial charge in [-0.25, -0.2) is 0 Å². The van der Waals surface area contributed by atoms with E-state index >= 15 is 0 Å². The van der Waals surface area contributed by atoms with E-state index in [9.17, 15) is 0 Å². The average Bonchev–Trinajstić information content (AvgIpc) is 2.64. The minimum absolute atomic E-state index is 0.841. The molecule has 2 aliphatic carbocycles. The minimum atomic E-state index is 0.841. The van der Waals surface area contributed by atoms with Crippen molar-refractivity contribution in [2.75, 3.05) is 0 Å². The SMILES string of the molecule is CCCc1ccc([C@H]2CC[C@H]([C@H]3CC[C@H](CCC)CC3)CC2)cc1. The van der Waals surface area contributed by atoms with Gasteiger partial charge in [-0.1, -0.05) is 70.2 Å². The number of benzene rings is 1. The summed E-state index contributed by atoms with van der Waals surface area (Å²) in [5, 5.41) is 0. The van der Waals surface area contributed by atoms with Crippen LogP contribution in [-0.2, 0) is 6.42 Å². The van der Waals surface area contributed by atoms with Crippen LogP contribution in [0.15, 0.2) is 24.3 Å². The van der Waals surface area contributed by atoms with Crippen molar-refractivity contribution >= 4 is 0 Å². The molecule has 0 amide bonds. The molecule has 0 saturated heterocycles. The van der Waals surface area contributed by atoms with Crippen molar-refractivity contribution in [3.63, 3.8) is 0 Å². The first-order chi connectivity index (χ1) is 11.8. The van der Waals surface area contributed by atoms with Crippen LogP contribution in [0.4, 0.5) is 0 Å². The lowest BCUT2D eigenvalue weighted by molar-refractivity contribution is 0.156. The molecule has 3 rings (SSSR count). The van der Waals surface area contributed by atoms with E-state index in [1.165, 1.54) is 82.6 Å². The van der Waals surface area contributed by atoms with E-state index in [4.69, 9.17) is 0 Å². The molecule has 0 heteroatoms. The highest BCUT2D eigenvalue weighted by atomic mass is 14.4. The molecule has 2 aliphatic rings. The molecule has 1 aromatic carbocycles. The van der Waals surface area contributed by atoms with E-state index in [0.717, 1.165) is 23.7 Å². The summed E-state index contributed by atoms with van der Waals surface area (Å²) in [5.74, 6) is 4.01. The van der Waals surface area contributed by atoms with Crippen LogP contribution in [0.5, 0.6) is 0 Å². The van der Waals surface area contributed by atoms with Gasteiger partial charge in [-0.05, 0) is 79.7 Å². The third-order valence-corrected chi connectivity index (χ3v) is 7.02. The van der Waals surface area contributed by atoms with Crippen molar-refractivity contribution in [2.24, 2.45) is 17.8 Å². The highest BCUT2D eigenvalue weighted by Gasteiger charge is 2.30. The summed E-state index contributed by atoms with van der Waals surface area (Å²) in [4.78, 5) is 0. The smallest absolute Gasteiger partial charge is 0.0162 e. The summed E-state index contributed by atoms with van der Waals surface area (Å²) in [6.45, 7) is 4.62. The first kappa shape index (κ1) is 18.0. The first-order valence-corrected chi connectivity index (χ1v) is 10.9. The van der Waals surface area contributed by atoms with Crippen molar-refractivity contribution in [3.05, 3.63) is 35.4 Å². The summed E-state index contributed by atoms with van der Waals surface area (Å²) in [5.41, 5.74) is 3.12. The second-order valence-corrected chi connectivity index (χ2v) is 8.67. The fourth-order valence-corrected chi connectivity index (χ4v) is 5.53. The largest absolute Gasteiger partial charge is 0.0654 e. The van der Waals surface area contributed by atoms with E-state index < -0.39 is 0 Å². The molecule has 0 radical (unpaired) electrons. The molecule has 0 unspecified atom stereocenters. The molecule has 134 valence electrons. The maximum Gasteiger partial charge on any atom is -0.0162 e. The van der Waals surface area contributed by atoms with Gasteiger partial charge in [-0.2, -0.15) is 0 Å². The Morgan fingerprint density at radius 3 is 1.83 bits per heavy atom. The Hall–Kier alpha value is -0.780. The van der Waals surface area contributed by atoms with Crippen LogP contribution >= 0.6 is 0 Å². The average molecular weight is 327 g/mol. The quantitative estimate of drug-likeness (QED) is 0.507. The maximum absolute atomic E-state index is 2.42. The molecule has 0 N–H and O–H groups in total. The number of aryl methyl sites for hydroxylation is 1. The Balaban J connectivity index is 1.45. The van der Waals surface area contributed by atoms with Gasteiger partial charge in [-0.15, -0.1) is 0 Å². The van der Waals surface area contributed by atoms with E-state index in [2.05, 4.69) is 38.1 Å². The zero-order chi connectivity index (χ0) is 16.8. The molecule has 24 heavy (non-hydrogen) atoms. The van der Waals surface area contributed by atoms with Gasteiger partial charge in [0.15, 0.2) is 0 Å². The van der Waals surface area contributed by atoms with E-state index in [0.29, 0.717) is 0 Å². The van der Waals surface area contributed by atoms with Gasteiger partial charge >= 0.3 is 0 Å². The van der Waals surface area contributed by atoms with Crippen LogP contribution in [0, 0.1) is 17.8 Å². The lowest BCUT2D eigenvalue weighted by Crippen LogP contribution is -2.25. The summed E-state index contributed by atoms with van der Waals surface area (Å²) < 4.78 is 0. The summed E-state index contributed by atoms with van der Waals surface area (Å²) in [6, 6.07) is 9.59. The molecule has 0 nitrogen and oxygen atoms in total. The predicted octanol–water partition coefficient (Wildman–Crippen LogP) is 7.52. The monoisotopic (exact) mass is 326 g/mol. The molecular weight excluding hydrogens is 288 g/mol. The summed E-state index contributed by atoms with van der Waals surface area (Å²) >= 11 is 0. The van der Waals surface area contributed by atoms with E-state index in [1.807, 2.05) is 0 Å². The Labute approximate surface area is 150 Å². The minimum Gasteiger partial charge on any atom is -0.0654 e. The van der Waals surface area contributed by atoms with Gasteiger partial charge < -0.3 is 0 Å². The third kappa shape index (κ3) is 4.64. The standard InChI is InChI=1S/C24H38/c1-3-5-19-7-11-21(12-8-19)23-15-17-24(18-16-23)22-13-9-20(6-4-2)10-14-22/h7-8,11-12,20,22-24H,3-6,9-10,13-18H2,1-2H3/t20-,22-,23-,24-. The van der Waals surface area contributed by atoms with Crippen LogP contribution in [-0.4, -0.2) is 0 Å². The van der Waals surface area contributed by atoms with Crippen LogP contribution in [0.2, 0.25) is 0 Å². The molecule has 2 saturated carbocycles. The van der Waals surface area contributed by atoms with E-state index in [-0.39, 0.29) is 0 Å². The zero-order valence-electron chi connectivity index (χ0n) is 16.1. The molecule has 2 fully saturated rings. The van der Waals surface area contributed by atoms with Gasteiger partial charge in [0, 0.05) is 0 Å². The van der Waals surface area contributed by atoms with Gasteiger partial charge in [0.25, 0.3) is 0 Å². The number of hydrogen-bond donors (Lipinski definition) is 0. The second kappa shape index (κ2) is 9.07. The maximum atomic E-state index is 2.42. The van der Waals surface area contributed by atoms with Crippen molar-refractivity contribution in [1.29, 1.82) is 0 Å². The van der Waals surface area contributed by atoms with Crippen LogP contribution < -0.4 is 0 Å². The molecule has 0 spiro atoms. The first-order valence-electron chi connectivity index (χ1n) is 10.9. The summed E-state index contributed by atoms with van der Waals surface area (Å²) in [7, 11) is 0. The Morgan fingerprint density at radius 1 is 0.708 bits per heavy atom. The van der Waals surface area contributed by atoms with Crippen molar-refractivity contribution in [2.45, 2.75) is 96.8 Å². The molecule has 0 heterocycles. The normalized spacial score (nSPS) is 31.1. The van der Waals surface area contributed by atoms with E-state index in [1.54, 1.807) is 5.56 Å². The molecule has 0 aliphatic heterocycles. The molecule has 0 atom stereocenters. The Kier molecular flexibility index (Phi) is 6.81. The number of hydrogen-bond acceptors (Lipinski definition) is 0. The van der Waals surface area contributed by atoms with Crippen LogP contribution in [0.3, 0.4) is 0 Å². The fraction of sp³-hybridized carbons (Fsp3) is 0.750. The van der Waals surface area contributed by atoms with Gasteiger partial charge in [0.05, 0.1) is 0 Å². The van der Waals surface area contributed by atoms with Crippen molar-refractivity contribution in [3.8, 4) is 0 Å². The lowest BCUT2D eigenvalue weighted by atomic mass is 9.68.